The number of hydrogen-bond acceptors (Lipinski definition) is 8. The number of ether oxygens (including phenoxy) is 2. The van der Waals surface area contributed by atoms with Crippen molar-refractivity contribution in [2.45, 2.75) is 25.7 Å². The third-order valence-electron chi connectivity index (χ3n) is 3.79. The average molecular weight is 475 g/mol. The maximum Gasteiger partial charge on any atom is 0.354 e. The number of carbonyl (C=O) groups excluding carboxylic acids is 1. The van der Waals surface area contributed by atoms with Crippen molar-refractivity contribution in [2.75, 3.05) is 17.8 Å². The van der Waals surface area contributed by atoms with Gasteiger partial charge in [0.25, 0.3) is 0 Å². The van der Waals surface area contributed by atoms with E-state index in [4.69, 9.17) is 32.7 Å². The number of aromatic hydroxyl groups is 1. The van der Waals surface area contributed by atoms with Crippen molar-refractivity contribution in [1.29, 1.82) is 0 Å². The Morgan fingerprint density at radius 3 is 2.37 bits per heavy atom. The number of carbonyl (C=O) groups is 1. The zero-order valence-electron chi connectivity index (χ0n) is 16.4. The molecule has 0 aliphatic heterocycles. The fraction of sp³-hybridized carbons (Fsp3) is 0.263. The lowest BCUT2D eigenvalue weighted by Gasteiger charge is -2.13. The number of phenols is 1. The first kappa shape index (κ1) is 23.8. The third kappa shape index (κ3) is 5.78. The molecule has 0 aromatic heterocycles. The minimum atomic E-state index is -3.66. The summed E-state index contributed by atoms with van der Waals surface area (Å²) in [6, 6.07) is 6.72. The van der Waals surface area contributed by atoms with Gasteiger partial charge in [-0.05, 0) is 38.1 Å². The van der Waals surface area contributed by atoms with E-state index in [0.717, 1.165) is 0 Å². The second-order valence-corrected chi connectivity index (χ2v) is 8.99. The molecule has 162 valence electrons. The van der Waals surface area contributed by atoms with Gasteiger partial charge in [-0.15, -0.1) is 0 Å². The van der Waals surface area contributed by atoms with Crippen LogP contribution in [0.25, 0.3) is 0 Å². The van der Waals surface area contributed by atoms with Gasteiger partial charge in [0.15, 0.2) is 15.6 Å². The van der Waals surface area contributed by atoms with E-state index < -0.39 is 15.8 Å². The number of phenolic OH excluding ortho intramolecular Hbond substituents is 1. The highest BCUT2D eigenvalue weighted by Gasteiger charge is 2.19. The normalized spacial score (nSPS) is 11.8. The van der Waals surface area contributed by atoms with Gasteiger partial charge < -0.3 is 14.6 Å². The Morgan fingerprint density at radius 2 is 1.80 bits per heavy atom. The van der Waals surface area contributed by atoms with E-state index in [1.807, 2.05) is 0 Å². The maximum atomic E-state index is 12.1. The molecule has 0 atom stereocenters. The smallest absolute Gasteiger partial charge is 0.354 e. The summed E-state index contributed by atoms with van der Waals surface area (Å²) in [5.74, 6) is -0.915. The summed E-state index contributed by atoms with van der Waals surface area (Å²) >= 11 is 12.5. The lowest BCUT2D eigenvalue weighted by molar-refractivity contribution is -0.135. The number of hydrazone groups is 1. The van der Waals surface area contributed by atoms with Crippen LogP contribution in [0.4, 0.5) is 5.69 Å². The molecule has 0 heterocycles. The predicted octanol–water partition coefficient (Wildman–Crippen LogP) is 4.64. The number of sulfone groups is 1. The zero-order chi connectivity index (χ0) is 22.5. The van der Waals surface area contributed by atoms with Crippen LogP contribution in [0.15, 0.2) is 40.3 Å². The molecule has 0 spiro atoms. The molecule has 8 nitrogen and oxygen atoms in total. The number of halogens is 2. The van der Waals surface area contributed by atoms with Crippen LogP contribution >= 0.6 is 23.2 Å². The van der Waals surface area contributed by atoms with Gasteiger partial charge in [-0.25, -0.2) is 13.2 Å². The molecule has 0 unspecified atom stereocenters. The fourth-order valence-corrected chi connectivity index (χ4v) is 3.79. The third-order valence-corrected chi connectivity index (χ3v) is 6.11. The summed E-state index contributed by atoms with van der Waals surface area (Å²) in [4.78, 5) is 11.3. The van der Waals surface area contributed by atoms with E-state index in [1.54, 1.807) is 6.92 Å². The first-order chi connectivity index (χ1) is 14.1. The van der Waals surface area contributed by atoms with E-state index in [2.05, 4.69) is 10.5 Å². The topological polar surface area (TPSA) is 114 Å². The maximum absolute atomic E-state index is 12.1. The van der Waals surface area contributed by atoms with Crippen molar-refractivity contribution >= 4 is 50.4 Å². The second kappa shape index (κ2) is 10.0. The minimum absolute atomic E-state index is 0.0838. The molecular formula is C19H20Cl2N2O6S. The summed E-state index contributed by atoms with van der Waals surface area (Å²) in [6.07, 6.45) is 0. The number of anilines is 1. The summed E-state index contributed by atoms with van der Waals surface area (Å²) in [7, 11) is -3.66. The summed E-state index contributed by atoms with van der Waals surface area (Å²) in [5.41, 5.74) is 3.15. The Hall–Kier alpha value is -2.49. The minimum Gasteiger partial charge on any atom is -0.507 e. The van der Waals surface area contributed by atoms with Gasteiger partial charge in [-0.3, -0.25) is 5.43 Å². The van der Waals surface area contributed by atoms with Crippen LogP contribution in [0.2, 0.25) is 10.0 Å². The fourth-order valence-electron chi connectivity index (χ4n) is 2.23. The van der Waals surface area contributed by atoms with Crippen LogP contribution in [0.5, 0.6) is 17.2 Å². The van der Waals surface area contributed by atoms with Gasteiger partial charge in [-0.1, -0.05) is 30.1 Å². The van der Waals surface area contributed by atoms with Crippen LogP contribution in [0.1, 0.15) is 20.8 Å². The Morgan fingerprint density at radius 1 is 1.17 bits per heavy atom. The molecule has 0 fully saturated rings. The van der Waals surface area contributed by atoms with Gasteiger partial charge >= 0.3 is 5.97 Å². The Bertz CT molecular complexity index is 1060. The number of esters is 1. The molecule has 0 saturated carbocycles. The first-order valence-electron chi connectivity index (χ1n) is 8.79. The van der Waals surface area contributed by atoms with Gasteiger partial charge in [0, 0.05) is 6.07 Å². The molecule has 0 saturated heterocycles. The molecular weight excluding hydrogens is 455 g/mol. The lowest BCUT2D eigenvalue weighted by Crippen LogP contribution is -2.15. The summed E-state index contributed by atoms with van der Waals surface area (Å²) in [6.45, 7) is 4.87. The Kier molecular flexibility index (Phi) is 7.94. The van der Waals surface area contributed by atoms with Crippen molar-refractivity contribution in [2.24, 2.45) is 5.10 Å². The van der Waals surface area contributed by atoms with E-state index >= 15 is 0 Å². The number of hydrogen-bond donors (Lipinski definition) is 2. The summed E-state index contributed by atoms with van der Waals surface area (Å²) < 4.78 is 34.7. The Balaban J connectivity index is 2.28. The first-order valence-corrected chi connectivity index (χ1v) is 11.2. The molecule has 2 N–H and O–H groups in total. The van der Waals surface area contributed by atoms with E-state index in [1.165, 1.54) is 44.2 Å². The zero-order valence-corrected chi connectivity index (χ0v) is 18.7. The molecule has 2 aromatic rings. The van der Waals surface area contributed by atoms with Gasteiger partial charge in [0.1, 0.15) is 22.1 Å². The van der Waals surface area contributed by atoms with Crippen LogP contribution in [0, 0.1) is 0 Å². The van der Waals surface area contributed by atoms with Crippen LogP contribution in [0.3, 0.4) is 0 Å². The molecule has 2 rings (SSSR count). The number of nitrogens with one attached hydrogen (secondary N) is 1. The van der Waals surface area contributed by atoms with E-state index in [-0.39, 0.29) is 50.3 Å². The van der Waals surface area contributed by atoms with Crippen LogP contribution in [-0.2, 0) is 19.4 Å². The monoisotopic (exact) mass is 474 g/mol. The van der Waals surface area contributed by atoms with Crippen molar-refractivity contribution in [3.63, 3.8) is 0 Å². The van der Waals surface area contributed by atoms with Crippen molar-refractivity contribution in [1.82, 2.24) is 0 Å². The van der Waals surface area contributed by atoms with Crippen molar-refractivity contribution < 1.29 is 27.8 Å². The molecule has 30 heavy (non-hydrogen) atoms. The molecule has 0 aliphatic rings. The number of benzene rings is 2. The standard InChI is InChI=1S/C19H20Cl2N2O6S/c1-4-28-19(25)11(3)22-23-12-8-14(20)18(15(21)9-12)29-13-6-7-16(24)17(10-13)30(26,27)5-2/h6-10,23-24H,4-5H2,1-3H3/b22-11-. The van der Waals surface area contributed by atoms with Crippen molar-refractivity contribution in [3.8, 4) is 17.2 Å². The highest BCUT2D eigenvalue weighted by atomic mass is 35.5. The van der Waals surface area contributed by atoms with Gasteiger partial charge in [0.2, 0.25) is 0 Å². The quantitative estimate of drug-likeness (QED) is 0.325. The molecule has 0 bridgehead atoms. The van der Waals surface area contributed by atoms with E-state index in [9.17, 15) is 18.3 Å². The molecule has 0 radical (unpaired) electrons. The van der Waals surface area contributed by atoms with Gasteiger partial charge in [0.05, 0.1) is 28.1 Å². The lowest BCUT2D eigenvalue weighted by atomic mass is 10.3. The molecule has 2 aromatic carbocycles. The second-order valence-electron chi connectivity index (χ2n) is 5.93. The van der Waals surface area contributed by atoms with Gasteiger partial charge in [-0.2, -0.15) is 5.10 Å². The SMILES string of the molecule is CCOC(=O)/C(C)=N\Nc1cc(Cl)c(Oc2ccc(O)c(S(=O)(=O)CC)c2)c(Cl)c1. The highest BCUT2D eigenvalue weighted by molar-refractivity contribution is 7.91. The molecule has 0 amide bonds. The number of nitrogens with zero attached hydrogens (tertiary/aromatic N) is 1. The van der Waals surface area contributed by atoms with Crippen molar-refractivity contribution in [3.05, 3.63) is 40.4 Å². The summed E-state index contributed by atoms with van der Waals surface area (Å²) in [5, 5.41) is 14.0. The van der Waals surface area contributed by atoms with Crippen LogP contribution < -0.4 is 10.2 Å². The molecule has 11 heteroatoms. The predicted molar refractivity (Wildman–Crippen MR) is 116 cm³/mol. The number of rotatable bonds is 8. The largest absolute Gasteiger partial charge is 0.507 e. The molecule has 0 aliphatic carbocycles. The highest BCUT2D eigenvalue weighted by Crippen LogP contribution is 2.40. The Labute approximate surface area is 184 Å². The van der Waals surface area contributed by atoms with Crippen LogP contribution in [-0.4, -0.2) is 37.6 Å². The van der Waals surface area contributed by atoms with E-state index in [0.29, 0.717) is 5.69 Å². The average Bonchev–Trinajstić information content (AvgIpc) is 2.70.